The lowest BCUT2D eigenvalue weighted by Crippen LogP contribution is -2.13. The molecule has 0 N–H and O–H groups in total. The summed E-state index contributed by atoms with van der Waals surface area (Å²) in [6, 6.07) is 23.7. The topological polar surface area (TPSA) is 59.9 Å². The molecule has 0 atom stereocenters. The van der Waals surface area contributed by atoms with E-state index >= 15 is 0 Å². The lowest BCUT2D eigenvalue weighted by molar-refractivity contribution is 0.210. The van der Waals surface area contributed by atoms with Crippen LogP contribution < -0.4 is 9.47 Å². The number of oxime groups is 1. The average molecular weight is 362 g/mol. The van der Waals surface area contributed by atoms with E-state index in [4.69, 9.17) is 14.3 Å². The minimum Gasteiger partial charge on any atom is -0.489 e. The van der Waals surface area contributed by atoms with Crippen LogP contribution in [0, 0.1) is 0 Å². The van der Waals surface area contributed by atoms with Gasteiger partial charge in [0.2, 0.25) is 0 Å². The fraction of sp³-hybridized carbons (Fsp3) is 0.136. The number of ether oxygens (including phenoxy) is 2. The van der Waals surface area contributed by atoms with E-state index in [9.17, 15) is 5.11 Å². The molecule has 0 aliphatic heterocycles. The molecule has 0 bridgehead atoms. The van der Waals surface area contributed by atoms with Gasteiger partial charge in [0.1, 0.15) is 37.5 Å². The molecule has 27 heavy (non-hydrogen) atoms. The van der Waals surface area contributed by atoms with Gasteiger partial charge in [-0.2, -0.15) is 0 Å². The molecule has 0 aliphatic rings. The minimum atomic E-state index is -0.0317. The number of benzene rings is 3. The molecule has 0 amide bonds. The summed E-state index contributed by atoms with van der Waals surface area (Å²) in [6.07, 6.45) is 0. The molecule has 0 spiro atoms. The smallest absolute Gasteiger partial charge is 0.178 e. The van der Waals surface area contributed by atoms with Crippen LogP contribution in [0.3, 0.4) is 0 Å². The van der Waals surface area contributed by atoms with Gasteiger partial charge in [-0.3, -0.25) is 5.11 Å². The number of rotatable bonds is 8. The monoisotopic (exact) mass is 362 g/mol. The molecule has 0 unspecified atom stereocenters. The molecule has 3 rings (SSSR count). The maximum atomic E-state index is 11.1. The normalized spacial score (nSPS) is 11.1. The molecule has 0 fully saturated rings. The SMILES string of the molecule is CO/N=C(\COc1ccc(COc2ccc([O])cc2)cc1)c1ccccc1. The van der Waals surface area contributed by atoms with Gasteiger partial charge in [-0.05, 0) is 42.0 Å². The molecule has 1 radical (unpaired) electrons. The van der Waals surface area contributed by atoms with Crippen LogP contribution in [0.5, 0.6) is 17.2 Å². The number of nitrogens with zero attached hydrogens (tertiary/aromatic N) is 1. The molecule has 0 saturated carbocycles. The summed E-state index contributed by atoms with van der Waals surface area (Å²) in [4.78, 5) is 4.92. The Morgan fingerprint density at radius 2 is 1.44 bits per heavy atom. The average Bonchev–Trinajstić information content (AvgIpc) is 2.72. The van der Waals surface area contributed by atoms with Gasteiger partial charge in [0.25, 0.3) is 0 Å². The molecular formula is C22H20NO4. The van der Waals surface area contributed by atoms with Crippen LogP contribution in [-0.4, -0.2) is 19.4 Å². The van der Waals surface area contributed by atoms with Crippen molar-refractivity contribution >= 4 is 5.71 Å². The Kier molecular flexibility index (Phi) is 6.30. The first kappa shape index (κ1) is 18.3. The Hall–Kier alpha value is -3.47. The molecule has 3 aromatic rings. The third-order valence-electron chi connectivity index (χ3n) is 3.84. The molecule has 0 aromatic heterocycles. The van der Waals surface area contributed by atoms with Crippen molar-refractivity contribution in [3.05, 3.63) is 90.0 Å². The van der Waals surface area contributed by atoms with Crippen LogP contribution in [-0.2, 0) is 16.6 Å². The summed E-state index contributed by atoms with van der Waals surface area (Å²) in [5.41, 5.74) is 2.67. The Bertz CT molecular complexity index is 859. The van der Waals surface area contributed by atoms with Crippen LogP contribution in [0.15, 0.2) is 84.0 Å². The molecule has 5 nitrogen and oxygen atoms in total. The summed E-state index contributed by atoms with van der Waals surface area (Å²) < 4.78 is 11.5. The first-order valence-corrected chi connectivity index (χ1v) is 8.51. The second-order valence-corrected chi connectivity index (χ2v) is 5.78. The second kappa shape index (κ2) is 9.29. The molecule has 0 aliphatic carbocycles. The fourth-order valence-corrected chi connectivity index (χ4v) is 2.44. The number of hydrogen-bond acceptors (Lipinski definition) is 4. The van der Waals surface area contributed by atoms with E-state index in [1.54, 1.807) is 12.1 Å². The maximum Gasteiger partial charge on any atom is 0.178 e. The molecular weight excluding hydrogens is 342 g/mol. The summed E-state index contributed by atoms with van der Waals surface area (Å²) in [5.74, 6) is 1.36. The highest BCUT2D eigenvalue weighted by Crippen LogP contribution is 2.19. The van der Waals surface area contributed by atoms with Crippen molar-refractivity contribution in [2.45, 2.75) is 6.61 Å². The maximum absolute atomic E-state index is 11.1. The first-order valence-electron chi connectivity index (χ1n) is 8.51. The van der Waals surface area contributed by atoms with Crippen LogP contribution in [0.4, 0.5) is 0 Å². The zero-order valence-electron chi connectivity index (χ0n) is 15.0. The highest BCUT2D eigenvalue weighted by atomic mass is 16.6. The molecule has 137 valence electrons. The van der Waals surface area contributed by atoms with Crippen LogP contribution in [0.1, 0.15) is 11.1 Å². The highest BCUT2D eigenvalue weighted by Gasteiger charge is 2.06. The quantitative estimate of drug-likeness (QED) is 0.425. The van der Waals surface area contributed by atoms with Crippen molar-refractivity contribution in [2.75, 3.05) is 13.7 Å². The molecule has 0 heterocycles. The number of hydrogen-bond donors (Lipinski definition) is 0. The standard InChI is InChI=1S/C22H20NO4/c1-25-23-22(18-5-3-2-4-6-18)16-27-20-11-7-17(8-12-20)15-26-21-13-9-19(24)10-14-21/h2-14H,15-16H2,1H3/b23-22+. The van der Waals surface area contributed by atoms with Gasteiger partial charge < -0.3 is 14.3 Å². The van der Waals surface area contributed by atoms with E-state index in [-0.39, 0.29) is 5.75 Å². The zero-order valence-corrected chi connectivity index (χ0v) is 15.0. The van der Waals surface area contributed by atoms with E-state index in [2.05, 4.69) is 5.16 Å². The predicted octanol–water partition coefficient (Wildman–Crippen LogP) is 4.84. The van der Waals surface area contributed by atoms with Crippen molar-refractivity contribution < 1.29 is 19.4 Å². The Labute approximate surface area is 158 Å². The van der Waals surface area contributed by atoms with Gasteiger partial charge in [-0.1, -0.05) is 47.6 Å². The fourth-order valence-electron chi connectivity index (χ4n) is 2.44. The Morgan fingerprint density at radius 1 is 0.815 bits per heavy atom. The Morgan fingerprint density at radius 3 is 2.11 bits per heavy atom. The van der Waals surface area contributed by atoms with E-state index in [0.29, 0.717) is 24.7 Å². The van der Waals surface area contributed by atoms with E-state index in [1.807, 2.05) is 54.6 Å². The first-order chi connectivity index (χ1) is 13.2. The van der Waals surface area contributed by atoms with Crippen LogP contribution >= 0.6 is 0 Å². The van der Waals surface area contributed by atoms with Gasteiger partial charge in [0.15, 0.2) is 5.75 Å². The van der Waals surface area contributed by atoms with Crippen molar-refractivity contribution in [2.24, 2.45) is 5.16 Å². The summed E-state index contributed by atoms with van der Waals surface area (Å²) >= 11 is 0. The van der Waals surface area contributed by atoms with Gasteiger partial charge in [0, 0.05) is 5.56 Å². The van der Waals surface area contributed by atoms with Gasteiger partial charge in [0.05, 0.1) is 0 Å². The van der Waals surface area contributed by atoms with Crippen LogP contribution in [0.25, 0.3) is 0 Å². The third kappa shape index (κ3) is 5.51. The zero-order chi connectivity index (χ0) is 18.9. The van der Waals surface area contributed by atoms with Crippen molar-refractivity contribution in [3.63, 3.8) is 0 Å². The van der Waals surface area contributed by atoms with Crippen LogP contribution in [0.2, 0.25) is 0 Å². The summed E-state index contributed by atoms with van der Waals surface area (Å²) in [7, 11) is 1.52. The Balaban J connectivity index is 1.55. The van der Waals surface area contributed by atoms with Gasteiger partial charge in [-0.25, -0.2) is 0 Å². The molecule has 0 saturated heterocycles. The minimum absolute atomic E-state index is 0.0317. The van der Waals surface area contributed by atoms with Crippen molar-refractivity contribution in [3.8, 4) is 17.2 Å². The molecule has 3 aromatic carbocycles. The summed E-state index contributed by atoms with van der Waals surface area (Å²) in [6.45, 7) is 0.716. The van der Waals surface area contributed by atoms with E-state index < -0.39 is 0 Å². The predicted molar refractivity (Wildman–Crippen MR) is 103 cm³/mol. The van der Waals surface area contributed by atoms with E-state index in [1.165, 1.54) is 19.2 Å². The second-order valence-electron chi connectivity index (χ2n) is 5.78. The van der Waals surface area contributed by atoms with Crippen molar-refractivity contribution in [1.29, 1.82) is 0 Å². The highest BCUT2D eigenvalue weighted by molar-refractivity contribution is 6.01. The lowest BCUT2D eigenvalue weighted by Gasteiger charge is -2.10. The van der Waals surface area contributed by atoms with Gasteiger partial charge >= 0.3 is 0 Å². The lowest BCUT2D eigenvalue weighted by atomic mass is 10.1. The van der Waals surface area contributed by atoms with Crippen molar-refractivity contribution in [1.82, 2.24) is 0 Å². The molecule has 5 heteroatoms. The largest absolute Gasteiger partial charge is 0.489 e. The van der Waals surface area contributed by atoms with Gasteiger partial charge in [-0.15, -0.1) is 0 Å². The summed E-state index contributed by atoms with van der Waals surface area (Å²) in [5, 5.41) is 15.1. The van der Waals surface area contributed by atoms with E-state index in [0.717, 1.165) is 16.9 Å². The third-order valence-corrected chi connectivity index (χ3v) is 3.84.